The van der Waals surface area contributed by atoms with Gasteiger partial charge in [0.25, 0.3) is 0 Å². The van der Waals surface area contributed by atoms with Crippen molar-refractivity contribution in [3.05, 3.63) is 78.6 Å². The van der Waals surface area contributed by atoms with E-state index in [0.717, 1.165) is 11.4 Å². The minimum Gasteiger partial charge on any atom is -0.326 e. The van der Waals surface area contributed by atoms with Crippen molar-refractivity contribution >= 4 is 0 Å². The molecule has 0 fully saturated rings. The first-order valence-corrected chi connectivity index (χ1v) is 7.16. The molecule has 2 atom stereocenters. The van der Waals surface area contributed by atoms with Gasteiger partial charge in [-0.3, -0.25) is 0 Å². The Morgan fingerprint density at radius 1 is 0.952 bits per heavy atom. The number of aromatic nitrogens is 2. The van der Waals surface area contributed by atoms with E-state index in [0.29, 0.717) is 0 Å². The Balaban J connectivity index is 2.09. The highest BCUT2D eigenvalue weighted by atomic mass is 15.1. The molecule has 0 spiro atoms. The molecule has 1 heterocycles. The normalized spacial score (nSPS) is 13.8. The number of benzene rings is 2. The summed E-state index contributed by atoms with van der Waals surface area (Å²) in [5.74, 6) is 0.946. The SMILES string of the molecule is CC(N)C(c1ccccc1)n1ccnc1-c1ccccc1. The summed E-state index contributed by atoms with van der Waals surface area (Å²) in [6.45, 7) is 2.03. The van der Waals surface area contributed by atoms with Crippen molar-refractivity contribution in [3.63, 3.8) is 0 Å². The van der Waals surface area contributed by atoms with Crippen molar-refractivity contribution in [2.45, 2.75) is 19.0 Å². The highest BCUT2D eigenvalue weighted by Crippen LogP contribution is 2.27. The van der Waals surface area contributed by atoms with Crippen molar-refractivity contribution in [1.29, 1.82) is 0 Å². The molecule has 3 rings (SSSR count). The van der Waals surface area contributed by atoms with Gasteiger partial charge in [-0.25, -0.2) is 4.98 Å². The Hall–Kier alpha value is -2.39. The fourth-order valence-electron chi connectivity index (χ4n) is 2.72. The first-order chi connectivity index (χ1) is 10.3. The second-order valence-corrected chi connectivity index (χ2v) is 5.24. The van der Waals surface area contributed by atoms with E-state index >= 15 is 0 Å². The third-order valence-corrected chi connectivity index (χ3v) is 3.64. The van der Waals surface area contributed by atoms with Crippen LogP contribution >= 0.6 is 0 Å². The van der Waals surface area contributed by atoms with E-state index in [1.54, 1.807) is 0 Å². The van der Waals surface area contributed by atoms with Crippen LogP contribution in [0.3, 0.4) is 0 Å². The number of nitrogens with two attached hydrogens (primary N) is 1. The fraction of sp³-hybridized carbons (Fsp3) is 0.167. The predicted molar refractivity (Wildman–Crippen MR) is 85.9 cm³/mol. The zero-order valence-corrected chi connectivity index (χ0v) is 12.1. The van der Waals surface area contributed by atoms with E-state index in [9.17, 15) is 0 Å². The topological polar surface area (TPSA) is 43.8 Å². The molecule has 0 aliphatic carbocycles. The van der Waals surface area contributed by atoms with E-state index in [-0.39, 0.29) is 12.1 Å². The number of imidazole rings is 1. The van der Waals surface area contributed by atoms with Crippen LogP contribution in [0.5, 0.6) is 0 Å². The smallest absolute Gasteiger partial charge is 0.140 e. The molecule has 3 heteroatoms. The maximum atomic E-state index is 6.26. The lowest BCUT2D eigenvalue weighted by molar-refractivity contribution is 0.500. The molecule has 2 aromatic carbocycles. The molecule has 2 unspecified atom stereocenters. The van der Waals surface area contributed by atoms with Crippen LogP contribution in [0.25, 0.3) is 11.4 Å². The Labute approximate surface area is 125 Å². The zero-order chi connectivity index (χ0) is 14.7. The minimum atomic E-state index is -0.0101. The summed E-state index contributed by atoms with van der Waals surface area (Å²) in [5, 5.41) is 0. The van der Waals surface area contributed by atoms with Gasteiger partial charge in [-0.05, 0) is 12.5 Å². The molecule has 3 nitrogen and oxygen atoms in total. The van der Waals surface area contributed by atoms with Gasteiger partial charge in [0.2, 0.25) is 0 Å². The summed E-state index contributed by atoms with van der Waals surface area (Å²) < 4.78 is 2.16. The first kappa shape index (κ1) is 13.6. The van der Waals surface area contributed by atoms with Gasteiger partial charge in [-0.2, -0.15) is 0 Å². The minimum absolute atomic E-state index is 0.0101. The van der Waals surface area contributed by atoms with Crippen molar-refractivity contribution in [2.75, 3.05) is 0 Å². The quantitative estimate of drug-likeness (QED) is 0.793. The second-order valence-electron chi connectivity index (χ2n) is 5.24. The van der Waals surface area contributed by atoms with Crippen molar-refractivity contribution in [2.24, 2.45) is 5.73 Å². The lowest BCUT2D eigenvalue weighted by atomic mass is 10.0. The summed E-state index contributed by atoms with van der Waals surface area (Å²) >= 11 is 0. The van der Waals surface area contributed by atoms with Crippen LogP contribution in [-0.2, 0) is 0 Å². The Morgan fingerprint density at radius 3 is 2.19 bits per heavy atom. The van der Waals surface area contributed by atoms with Gasteiger partial charge in [0.1, 0.15) is 5.82 Å². The standard InChI is InChI=1S/C18H19N3/c1-14(19)17(15-8-4-2-5-9-15)21-13-12-20-18(21)16-10-6-3-7-11-16/h2-14,17H,19H2,1H3. The molecule has 21 heavy (non-hydrogen) atoms. The number of nitrogens with zero attached hydrogens (tertiary/aromatic N) is 2. The van der Waals surface area contributed by atoms with Crippen LogP contribution in [0.1, 0.15) is 18.5 Å². The lowest BCUT2D eigenvalue weighted by Gasteiger charge is -2.25. The van der Waals surface area contributed by atoms with Crippen LogP contribution in [-0.4, -0.2) is 15.6 Å². The highest BCUT2D eigenvalue weighted by molar-refractivity contribution is 5.55. The van der Waals surface area contributed by atoms with Crippen LogP contribution in [0.4, 0.5) is 0 Å². The first-order valence-electron chi connectivity index (χ1n) is 7.16. The third-order valence-electron chi connectivity index (χ3n) is 3.64. The molecular formula is C18H19N3. The largest absolute Gasteiger partial charge is 0.326 e. The third kappa shape index (κ3) is 2.73. The van der Waals surface area contributed by atoms with Crippen molar-refractivity contribution < 1.29 is 0 Å². The van der Waals surface area contributed by atoms with Gasteiger partial charge in [0, 0.05) is 24.0 Å². The molecule has 106 valence electrons. The van der Waals surface area contributed by atoms with E-state index in [1.807, 2.05) is 55.7 Å². The summed E-state index contributed by atoms with van der Waals surface area (Å²) in [6, 6.07) is 20.6. The number of hydrogen-bond acceptors (Lipinski definition) is 2. The van der Waals surface area contributed by atoms with E-state index in [1.165, 1.54) is 5.56 Å². The van der Waals surface area contributed by atoms with Crippen LogP contribution < -0.4 is 5.73 Å². The van der Waals surface area contributed by atoms with Gasteiger partial charge >= 0.3 is 0 Å². The summed E-state index contributed by atoms with van der Waals surface area (Å²) in [5.41, 5.74) is 8.56. The van der Waals surface area contributed by atoms with Gasteiger partial charge in [0.05, 0.1) is 6.04 Å². The second kappa shape index (κ2) is 5.94. The van der Waals surface area contributed by atoms with Crippen molar-refractivity contribution in [1.82, 2.24) is 9.55 Å². The average molecular weight is 277 g/mol. The molecule has 2 N–H and O–H groups in total. The van der Waals surface area contributed by atoms with E-state index < -0.39 is 0 Å². The molecule has 0 aliphatic heterocycles. The molecule has 0 saturated heterocycles. The van der Waals surface area contributed by atoms with Crippen molar-refractivity contribution in [3.8, 4) is 11.4 Å². The number of rotatable bonds is 4. The van der Waals surface area contributed by atoms with E-state index in [2.05, 4.69) is 33.8 Å². The Morgan fingerprint density at radius 2 is 1.57 bits per heavy atom. The number of hydrogen-bond donors (Lipinski definition) is 1. The zero-order valence-electron chi connectivity index (χ0n) is 12.1. The molecule has 3 aromatic rings. The van der Waals surface area contributed by atoms with Crippen LogP contribution in [0.2, 0.25) is 0 Å². The maximum Gasteiger partial charge on any atom is 0.140 e. The molecule has 0 aliphatic rings. The summed E-state index contributed by atoms with van der Waals surface area (Å²) in [4.78, 5) is 4.52. The average Bonchev–Trinajstić information content (AvgIpc) is 2.98. The molecule has 0 amide bonds. The molecular weight excluding hydrogens is 258 g/mol. The summed E-state index contributed by atoms with van der Waals surface area (Å²) in [6.07, 6.45) is 3.84. The monoisotopic (exact) mass is 277 g/mol. The molecule has 0 bridgehead atoms. The molecule has 0 radical (unpaired) electrons. The highest BCUT2D eigenvalue weighted by Gasteiger charge is 2.21. The fourth-order valence-corrected chi connectivity index (χ4v) is 2.72. The van der Waals surface area contributed by atoms with Crippen LogP contribution in [0.15, 0.2) is 73.1 Å². The van der Waals surface area contributed by atoms with Gasteiger partial charge < -0.3 is 10.3 Å². The van der Waals surface area contributed by atoms with E-state index in [4.69, 9.17) is 5.73 Å². The van der Waals surface area contributed by atoms with Gasteiger partial charge in [-0.1, -0.05) is 60.7 Å². The summed E-state index contributed by atoms with van der Waals surface area (Å²) in [7, 11) is 0. The maximum absolute atomic E-state index is 6.26. The molecule has 1 aromatic heterocycles. The predicted octanol–water partition coefficient (Wildman–Crippen LogP) is 3.49. The van der Waals surface area contributed by atoms with Gasteiger partial charge in [-0.15, -0.1) is 0 Å². The molecule has 0 saturated carbocycles. The Bertz CT molecular complexity index is 687. The Kier molecular flexibility index (Phi) is 3.84. The van der Waals surface area contributed by atoms with Gasteiger partial charge in [0.15, 0.2) is 0 Å². The lowest BCUT2D eigenvalue weighted by Crippen LogP contribution is -2.30. The van der Waals surface area contributed by atoms with Crippen LogP contribution in [0, 0.1) is 0 Å².